The molecular formula is C16H14N2O4. The fourth-order valence-electron chi connectivity index (χ4n) is 2.64. The van der Waals surface area contributed by atoms with Gasteiger partial charge in [-0.25, -0.2) is 0 Å². The maximum atomic E-state index is 12.7. The Hall–Kier alpha value is -2.94. The molecule has 0 bridgehead atoms. The van der Waals surface area contributed by atoms with Crippen molar-refractivity contribution in [3.63, 3.8) is 0 Å². The highest BCUT2D eigenvalue weighted by Crippen LogP contribution is 2.42. The summed E-state index contributed by atoms with van der Waals surface area (Å²) in [4.78, 5) is 14.1. The molecule has 1 aliphatic heterocycles. The van der Waals surface area contributed by atoms with Gasteiger partial charge in [0.1, 0.15) is 23.3 Å². The molecule has 0 saturated carbocycles. The Morgan fingerprint density at radius 3 is 2.77 bits per heavy atom. The molecule has 1 aromatic heterocycles. The zero-order valence-electron chi connectivity index (χ0n) is 12.2. The minimum atomic E-state index is -0.714. The van der Waals surface area contributed by atoms with Crippen LogP contribution >= 0.6 is 0 Å². The van der Waals surface area contributed by atoms with Crippen molar-refractivity contribution in [2.24, 2.45) is 0 Å². The lowest BCUT2D eigenvalue weighted by Gasteiger charge is -2.19. The average Bonchev–Trinajstić information content (AvgIpc) is 3.14. The molecule has 1 unspecified atom stereocenters. The van der Waals surface area contributed by atoms with Crippen LogP contribution in [0.4, 0.5) is 0 Å². The van der Waals surface area contributed by atoms with Crippen molar-refractivity contribution in [3.05, 3.63) is 47.4 Å². The summed E-state index contributed by atoms with van der Waals surface area (Å²) in [6.07, 6.45) is 1.54. The molecule has 0 aliphatic carbocycles. The van der Waals surface area contributed by atoms with Crippen LogP contribution in [0.2, 0.25) is 0 Å². The number of methoxy groups -OCH3 is 2. The van der Waals surface area contributed by atoms with E-state index in [1.807, 2.05) is 0 Å². The minimum Gasteiger partial charge on any atom is -0.497 e. The summed E-state index contributed by atoms with van der Waals surface area (Å²) in [5.41, 5.74) is 0.997. The Morgan fingerprint density at radius 2 is 2.18 bits per heavy atom. The molecule has 0 spiro atoms. The number of furan rings is 1. The van der Waals surface area contributed by atoms with E-state index in [-0.39, 0.29) is 12.5 Å². The Morgan fingerprint density at radius 1 is 1.36 bits per heavy atom. The fraction of sp³-hybridized carbons (Fsp3) is 0.250. The largest absolute Gasteiger partial charge is 0.497 e. The van der Waals surface area contributed by atoms with Crippen LogP contribution < -0.4 is 9.47 Å². The third-order valence-corrected chi connectivity index (χ3v) is 3.68. The molecule has 2 aromatic rings. The first-order valence-electron chi connectivity index (χ1n) is 6.68. The van der Waals surface area contributed by atoms with Gasteiger partial charge in [0.2, 0.25) is 0 Å². The number of carbonyl (C=O) groups is 1. The molecule has 1 aliphatic rings. The Labute approximate surface area is 127 Å². The normalized spacial score (nSPS) is 16.3. The summed E-state index contributed by atoms with van der Waals surface area (Å²) in [7, 11) is 3.02. The molecule has 1 atom stereocenters. The van der Waals surface area contributed by atoms with Gasteiger partial charge < -0.3 is 18.8 Å². The molecule has 6 nitrogen and oxygen atoms in total. The van der Waals surface area contributed by atoms with E-state index >= 15 is 0 Å². The average molecular weight is 298 g/mol. The van der Waals surface area contributed by atoms with Crippen molar-refractivity contribution in [2.45, 2.75) is 12.6 Å². The number of nitriles is 1. The molecule has 0 fully saturated rings. The second kappa shape index (κ2) is 5.45. The molecule has 3 rings (SSSR count). The number of amides is 1. The van der Waals surface area contributed by atoms with Gasteiger partial charge in [-0.2, -0.15) is 5.26 Å². The lowest BCUT2D eigenvalue weighted by Crippen LogP contribution is -2.26. The van der Waals surface area contributed by atoms with Crippen LogP contribution in [0.1, 0.15) is 27.7 Å². The lowest BCUT2D eigenvalue weighted by atomic mass is 10.0. The summed E-state index contributed by atoms with van der Waals surface area (Å²) >= 11 is 0. The van der Waals surface area contributed by atoms with Crippen molar-refractivity contribution < 1.29 is 18.7 Å². The number of rotatable bonds is 4. The highest BCUT2D eigenvalue weighted by Gasteiger charge is 2.40. The quantitative estimate of drug-likeness (QED) is 0.867. The van der Waals surface area contributed by atoms with Gasteiger partial charge in [-0.1, -0.05) is 0 Å². The van der Waals surface area contributed by atoms with E-state index in [0.717, 1.165) is 0 Å². The van der Waals surface area contributed by atoms with E-state index in [2.05, 4.69) is 6.07 Å². The second-order valence-electron chi connectivity index (χ2n) is 4.83. The van der Waals surface area contributed by atoms with E-state index in [9.17, 15) is 10.1 Å². The molecule has 0 saturated heterocycles. The highest BCUT2D eigenvalue weighted by atomic mass is 16.5. The van der Waals surface area contributed by atoms with E-state index < -0.39 is 6.04 Å². The number of hydrogen-bond donors (Lipinski definition) is 0. The first kappa shape index (κ1) is 14.0. The molecule has 22 heavy (non-hydrogen) atoms. The van der Waals surface area contributed by atoms with Gasteiger partial charge >= 0.3 is 0 Å². The number of hydrogen-bond acceptors (Lipinski definition) is 5. The zero-order chi connectivity index (χ0) is 15.7. The number of ether oxygens (including phenoxy) is 2. The van der Waals surface area contributed by atoms with Gasteiger partial charge in [-0.05, 0) is 18.2 Å². The van der Waals surface area contributed by atoms with Gasteiger partial charge in [-0.3, -0.25) is 4.79 Å². The van der Waals surface area contributed by atoms with E-state index in [1.54, 1.807) is 24.3 Å². The molecule has 1 amide bonds. The van der Waals surface area contributed by atoms with Crippen molar-refractivity contribution in [3.8, 4) is 17.6 Å². The molecule has 0 radical (unpaired) electrons. The van der Waals surface area contributed by atoms with Crippen molar-refractivity contribution in [1.82, 2.24) is 4.90 Å². The van der Waals surface area contributed by atoms with Crippen LogP contribution in [0, 0.1) is 11.3 Å². The molecule has 2 heterocycles. The summed E-state index contributed by atoms with van der Waals surface area (Å²) in [6, 6.07) is 8.27. The van der Waals surface area contributed by atoms with Gasteiger partial charge in [0.15, 0.2) is 0 Å². The predicted octanol–water partition coefficient (Wildman–Crippen LogP) is 2.52. The summed E-state index contributed by atoms with van der Waals surface area (Å²) < 4.78 is 15.8. The van der Waals surface area contributed by atoms with E-state index in [4.69, 9.17) is 13.9 Å². The summed E-state index contributed by atoms with van der Waals surface area (Å²) in [6.45, 7) is 0.226. The van der Waals surface area contributed by atoms with Gasteiger partial charge in [0.05, 0.1) is 38.7 Å². The summed E-state index contributed by atoms with van der Waals surface area (Å²) in [5, 5.41) is 9.51. The monoisotopic (exact) mass is 298 g/mol. The van der Waals surface area contributed by atoms with E-state index in [1.165, 1.54) is 25.4 Å². The third-order valence-electron chi connectivity index (χ3n) is 3.68. The number of benzene rings is 1. The molecule has 112 valence electrons. The first-order chi connectivity index (χ1) is 10.7. The van der Waals surface area contributed by atoms with Crippen LogP contribution in [-0.2, 0) is 6.54 Å². The van der Waals surface area contributed by atoms with Crippen molar-refractivity contribution in [2.75, 3.05) is 14.2 Å². The smallest absolute Gasteiger partial charge is 0.256 e. The zero-order valence-corrected chi connectivity index (χ0v) is 12.2. The van der Waals surface area contributed by atoms with E-state index in [0.29, 0.717) is 28.4 Å². The summed E-state index contributed by atoms with van der Waals surface area (Å²) in [5.74, 6) is 1.36. The highest BCUT2D eigenvalue weighted by molar-refractivity contribution is 6.01. The standard InChI is InChI=1S/C16H14N2O4/c1-20-11-6-12-15(14(7-11)21-2)13(8-17)18(16(12)19)9-10-4-3-5-22-10/h3-7,13H,9H2,1-2H3. The Bertz CT molecular complexity index is 746. The maximum absolute atomic E-state index is 12.7. The van der Waals surface area contributed by atoms with Crippen LogP contribution in [0.15, 0.2) is 34.9 Å². The van der Waals surface area contributed by atoms with Crippen molar-refractivity contribution in [1.29, 1.82) is 5.26 Å². The van der Waals surface area contributed by atoms with Crippen LogP contribution in [0.3, 0.4) is 0 Å². The fourth-order valence-corrected chi connectivity index (χ4v) is 2.64. The van der Waals surface area contributed by atoms with Crippen LogP contribution in [-0.4, -0.2) is 25.0 Å². The topological polar surface area (TPSA) is 75.7 Å². The minimum absolute atomic E-state index is 0.226. The van der Waals surface area contributed by atoms with Gasteiger partial charge in [-0.15, -0.1) is 0 Å². The van der Waals surface area contributed by atoms with Crippen LogP contribution in [0.25, 0.3) is 0 Å². The number of fused-ring (bicyclic) bond motifs is 1. The number of carbonyl (C=O) groups excluding carboxylic acids is 1. The lowest BCUT2D eigenvalue weighted by molar-refractivity contribution is 0.0731. The first-order valence-corrected chi connectivity index (χ1v) is 6.68. The molecule has 0 N–H and O–H groups in total. The van der Waals surface area contributed by atoms with Gasteiger partial charge in [0.25, 0.3) is 5.91 Å². The van der Waals surface area contributed by atoms with Gasteiger partial charge in [0, 0.05) is 11.6 Å². The third kappa shape index (κ3) is 2.07. The molecule has 1 aromatic carbocycles. The Kier molecular flexibility index (Phi) is 3.47. The maximum Gasteiger partial charge on any atom is 0.256 e. The number of nitrogens with zero attached hydrogens (tertiary/aromatic N) is 2. The predicted molar refractivity (Wildman–Crippen MR) is 76.5 cm³/mol. The van der Waals surface area contributed by atoms with Crippen LogP contribution in [0.5, 0.6) is 11.5 Å². The SMILES string of the molecule is COc1cc(OC)c2c(c1)C(=O)N(Cc1ccco1)C2C#N. The molecule has 6 heteroatoms. The van der Waals surface area contributed by atoms with Crippen molar-refractivity contribution >= 4 is 5.91 Å². The Balaban J connectivity index is 2.07. The second-order valence-corrected chi connectivity index (χ2v) is 4.83. The molecular weight excluding hydrogens is 284 g/mol.